The van der Waals surface area contributed by atoms with Crippen molar-refractivity contribution >= 4 is 6.09 Å². The highest BCUT2D eigenvalue weighted by Crippen LogP contribution is 2.19. The van der Waals surface area contributed by atoms with Gasteiger partial charge < -0.3 is 19.1 Å². The third-order valence-electron chi connectivity index (χ3n) is 4.30. The van der Waals surface area contributed by atoms with Crippen LogP contribution in [0.25, 0.3) is 0 Å². The quantitative estimate of drug-likeness (QED) is 0.843. The summed E-state index contributed by atoms with van der Waals surface area (Å²) in [7, 11) is 0. The van der Waals surface area contributed by atoms with Crippen LogP contribution in [0, 0.1) is 13.8 Å². The van der Waals surface area contributed by atoms with Crippen LogP contribution in [0.4, 0.5) is 4.79 Å². The fourth-order valence-corrected chi connectivity index (χ4v) is 3.13. The van der Waals surface area contributed by atoms with Gasteiger partial charge in [-0.15, -0.1) is 0 Å². The second kappa shape index (κ2) is 7.79. The SMILES string of the molecule is Cc1cc(O[C@H]2CCCN(C(=O)OC3CCOCC3)C2)nc(C)n1. The van der Waals surface area contributed by atoms with E-state index in [-0.39, 0.29) is 18.3 Å². The Morgan fingerprint density at radius 2 is 2.00 bits per heavy atom. The van der Waals surface area contributed by atoms with Gasteiger partial charge in [0.15, 0.2) is 0 Å². The summed E-state index contributed by atoms with van der Waals surface area (Å²) in [6, 6.07) is 1.83. The van der Waals surface area contributed by atoms with Gasteiger partial charge in [-0.3, -0.25) is 0 Å². The van der Waals surface area contributed by atoms with Crippen molar-refractivity contribution in [3.8, 4) is 5.88 Å². The number of hydrogen-bond donors (Lipinski definition) is 0. The van der Waals surface area contributed by atoms with Crippen molar-refractivity contribution in [1.82, 2.24) is 14.9 Å². The topological polar surface area (TPSA) is 73.8 Å². The van der Waals surface area contributed by atoms with E-state index >= 15 is 0 Å². The summed E-state index contributed by atoms with van der Waals surface area (Å²) in [6.45, 7) is 6.33. The molecule has 2 fully saturated rings. The van der Waals surface area contributed by atoms with Gasteiger partial charge in [0.05, 0.1) is 19.8 Å². The zero-order valence-corrected chi connectivity index (χ0v) is 14.4. The van der Waals surface area contributed by atoms with E-state index in [1.165, 1.54) is 0 Å². The molecular weight excluding hydrogens is 310 g/mol. The Morgan fingerprint density at radius 1 is 1.21 bits per heavy atom. The number of piperidine rings is 1. The molecule has 0 unspecified atom stereocenters. The normalized spacial score (nSPS) is 22.2. The number of ether oxygens (including phenoxy) is 3. The van der Waals surface area contributed by atoms with E-state index in [2.05, 4.69) is 9.97 Å². The predicted molar refractivity (Wildman–Crippen MR) is 87.1 cm³/mol. The Bertz CT molecular complexity index is 555. The molecular formula is C17H25N3O4. The Balaban J connectivity index is 1.54. The number of hydrogen-bond acceptors (Lipinski definition) is 6. The summed E-state index contributed by atoms with van der Waals surface area (Å²) in [5, 5.41) is 0. The largest absolute Gasteiger partial charge is 0.472 e. The average molecular weight is 335 g/mol. The van der Waals surface area contributed by atoms with Gasteiger partial charge in [0.2, 0.25) is 5.88 Å². The highest BCUT2D eigenvalue weighted by molar-refractivity contribution is 5.68. The minimum atomic E-state index is -0.245. The van der Waals surface area contributed by atoms with Crippen molar-refractivity contribution in [3.05, 3.63) is 17.6 Å². The number of nitrogens with zero attached hydrogens (tertiary/aromatic N) is 3. The summed E-state index contributed by atoms with van der Waals surface area (Å²) < 4.78 is 16.9. The fourth-order valence-electron chi connectivity index (χ4n) is 3.13. The van der Waals surface area contributed by atoms with Crippen molar-refractivity contribution in [2.45, 2.75) is 51.7 Å². The van der Waals surface area contributed by atoms with E-state index < -0.39 is 0 Å². The van der Waals surface area contributed by atoms with Crippen LogP contribution in [0.15, 0.2) is 6.07 Å². The highest BCUT2D eigenvalue weighted by Gasteiger charge is 2.28. The van der Waals surface area contributed by atoms with Gasteiger partial charge in [-0.05, 0) is 26.7 Å². The molecule has 1 amide bonds. The molecule has 0 aromatic carbocycles. The third-order valence-corrected chi connectivity index (χ3v) is 4.30. The first-order valence-electron chi connectivity index (χ1n) is 8.62. The number of rotatable bonds is 3. The molecule has 0 aliphatic carbocycles. The standard InChI is InChI=1S/C17H25N3O4/c1-12-10-16(19-13(2)18-12)23-15-4-3-7-20(11-15)17(21)24-14-5-8-22-9-6-14/h10,14-15H,3-9,11H2,1-2H3/t15-/m0/s1. The van der Waals surface area contributed by atoms with Crippen LogP contribution in [-0.4, -0.2) is 59.5 Å². The van der Waals surface area contributed by atoms with Gasteiger partial charge >= 0.3 is 6.09 Å². The molecule has 7 heteroatoms. The van der Waals surface area contributed by atoms with E-state index in [1.54, 1.807) is 4.90 Å². The number of aryl methyl sites for hydroxylation is 2. The Kier molecular flexibility index (Phi) is 5.50. The summed E-state index contributed by atoms with van der Waals surface area (Å²) in [5.74, 6) is 1.27. The van der Waals surface area contributed by atoms with Gasteiger partial charge in [0.1, 0.15) is 18.0 Å². The van der Waals surface area contributed by atoms with Gasteiger partial charge in [-0.1, -0.05) is 0 Å². The number of carbonyl (C=O) groups is 1. The molecule has 2 aliphatic heterocycles. The lowest BCUT2D eigenvalue weighted by Crippen LogP contribution is -2.46. The molecule has 0 bridgehead atoms. The molecule has 3 rings (SSSR count). The minimum absolute atomic E-state index is 0.0280. The monoisotopic (exact) mass is 335 g/mol. The minimum Gasteiger partial charge on any atom is -0.472 e. The van der Waals surface area contributed by atoms with Crippen LogP contribution in [0.2, 0.25) is 0 Å². The summed E-state index contributed by atoms with van der Waals surface area (Å²) >= 11 is 0. The van der Waals surface area contributed by atoms with Crippen molar-refractivity contribution in [2.75, 3.05) is 26.3 Å². The number of carbonyl (C=O) groups excluding carboxylic acids is 1. The van der Waals surface area contributed by atoms with E-state index in [0.717, 1.165) is 31.4 Å². The fraction of sp³-hybridized carbons (Fsp3) is 0.706. The summed E-state index contributed by atoms with van der Waals surface area (Å²) in [5.41, 5.74) is 0.879. The predicted octanol–water partition coefficient (Wildman–Crippen LogP) is 2.25. The maximum atomic E-state index is 12.4. The smallest absolute Gasteiger partial charge is 0.410 e. The molecule has 2 saturated heterocycles. The first-order chi connectivity index (χ1) is 11.6. The van der Waals surface area contributed by atoms with E-state index in [0.29, 0.717) is 38.0 Å². The van der Waals surface area contributed by atoms with E-state index in [4.69, 9.17) is 14.2 Å². The molecule has 0 saturated carbocycles. The number of aromatic nitrogens is 2. The maximum absolute atomic E-state index is 12.4. The summed E-state index contributed by atoms with van der Waals surface area (Å²) in [4.78, 5) is 22.7. The lowest BCUT2D eigenvalue weighted by Gasteiger charge is -2.33. The van der Waals surface area contributed by atoms with Crippen LogP contribution in [0.1, 0.15) is 37.2 Å². The molecule has 1 aromatic heterocycles. The third kappa shape index (κ3) is 4.56. The van der Waals surface area contributed by atoms with Crippen molar-refractivity contribution in [2.24, 2.45) is 0 Å². The molecule has 1 atom stereocenters. The van der Waals surface area contributed by atoms with Gasteiger partial charge in [0.25, 0.3) is 0 Å². The maximum Gasteiger partial charge on any atom is 0.410 e. The lowest BCUT2D eigenvalue weighted by atomic mass is 10.1. The summed E-state index contributed by atoms with van der Waals surface area (Å²) in [6.07, 6.45) is 3.03. The van der Waals surface area contributed by atoms with Crippen molar-refractivity contribution in [3.63, 3.8) is 0 Å². The molecule has 24 heavy (non-hydrogen) atoms. The van der Waals surface area contributed by atoms with Crippen LogP contribution in [0.5, 0.6) is 5.88 Å². The lowest BCUT2D eigenvalue weighted by molar-refractivity contribution is -0.0175. The van der Waals surface area contributed by atoms with Crippen LogP contribution in [0.3, 0.4) is 0 Å². The van der Waals surface area contributed by atoms with Crippen LogP contribution >= 0.6 is 0 Å². The van der Waals surface area contributed by atoms with Crippen molar-refractivity contribution < 1.29 is 19.0 Å². The Morgan fingerprint density at radius 3 is 2.75 bits per heavy atom. The molecule has 0 spiro atoms. The second-order valence-corrected chi connectivity index (χ2v) is 6.42. The zero-order chi connectivity index (χ0) is 16.9. The number of amides is 1. The second-order valence-electron chi connectivity index (χ2n) is 6.42. The Hall–Kier alpha value is -1.89. The van der Waals surface area contributed by atoms with Gasteiger partial charge in [-0.25, -0.2) is 9.78 Å². The Labute approximate surface area is 142 Å². The van der Waals surface area contributed by atoms with Gasteiger partial charge in [0, 0.05) is 31.1 Å². The van der Waals surface area contributed by atoms with Crippen LogP contribution < -0.4 is 4.74 Å². The van der Waals surface area contributed by atoms with Gasteiger partial charge in [-0.2, -0.15) is 4.98 Å². The molecule has 132 valence electrons. The first kappa shape index (κ1) is 17.0. The molecule has 1 aromatic rings. The number of likely N-dealkylation sites (tertiary alicyclic amines) is 1. The molecule has 0 radical (unpaired) electrons. The molecule has 0 N–H and O–H groups in total. The molecule has 3 heterocycles. The van der Waals surface area contributed by atoms with E-state index in [9.17, 15) is 4.79 Å². The van der Waals surface area contributed by atoms with E-state index in [1.807, 2.05) is 19.9 Å². The van der Waals surface area contributed by atoms with Crippen LogP contribution in [-0.2, 0) is 9.47 Å². The molecule has 7 nitrogen and oxygen atoms in total. The highest BCUT2D eigenvalue weighted by atomic mass is 16.6. The van der Waals surface area contributed by atoms with Crippen molar-refractivity contribution in [1.29, 1.82) is 0 Å². The zero-order valence-electron chi connectivity index (χ0n) is 14.4. The average Bonchev–Trinajstić information content (AvgIpc) is 2.55. The molecule has 2 aliphatic rings. The first-order valence-corrected chi connectivity index (χ1v) is 8.62.